The second-order valence-corrected chi connectivity index (χ2v) is 7.26. The zero-order valence-corrected chi connectivity index (χ0v) is 14.9. The van der Waals surface area contributed by atoms with Gasteiger partial charge in [0, 0.05) is 16.9 Å². The van der Waals surface area contributed by atoms with Crippen molar-refractivity contribution in [2.45, 2.75) is 33.1 Å². The van der Waals surface area contributed by atoms with Crippen LogP contribution in [-0.2, 0) is 5.41 Å². The predicted molar refractivity (Wildman–Crippen MR) is 95.5 cm³/mol. The van der Waals surface area contributed by atoms with Crippen LogP contribution in [0.1, 0.15) is 32.0 Å². The lowest BCUT2D eigenvalue weighted by molar-refractivity contribution is 0.561. The van der Waals surface area contributed by atoms with Gasteiger partial charge in [0.1, 0.15) is 6.33 Å². The van der Waals surface area contributed by atoms with Gasteiger partial charge in [-0.05, 0) is 19.1 Å². The number of azo groups is 1. The first-order valence-electron chi connectivity index (χ1n) is 7.50. The van der Waals surface area contributed by atoms with Gasteiger partial charge in [-0.15, -0.1) is 10.2 Å². The summed E-state index contributed by atoms with van der Waals surface area (Å²) in [6, 6.07) is 8.01. The lowest BCUT2D eigenvalue weighted by Gasteiger charge is -2.15. The molecule has 3 aromatic rings. The topological polar surface area (TPSA) is 94.3 Å². The molecule has 7 nitrogen and oxygen atoms in total. The number of hydrogen-bond donors (Lipinski definition) is 1. The summed E-state index contributed by atoms with van der Waals surface area (Å²) in [4.78, 5) is 4.01. The first-order valence-corrected chi connectivity index (χ1v) is 8.28. The van der Waals surface area contributed by atoms with Crippen molar-refractivity contribution in [2.24, 2.45) is 10.2 Å². The maximum Gasteiger partial charge on any atom is 0.249 e. The van der Waals surface area contributed by atoms with E-state index in [4.69, 9.17) is 5.73 Å². The van der Waals surface area contributed by atoms with Crippen LogP contribution in [0.2, 0.25) is 0 Å². The maximum atomic E-state index is 6.32. The molecule has 24 heavy (non-hydrogen) atoms. The number of anilines is 1. The van der Waals surface area contributed by atoms with E-state index in [0.29, 0.717) is 16.6 Å². The zero-order chi connectivity index (χ0) is 17.3. The Morgan fingerprint density at radius 1 is 1.12 bits per heavy atom. The quantitative estimate of drug-likeness (QED) is 0.717. The van der Waals surface area contributed by atoms with E-state index in [0.717, 1.165) is 11.4 Å². The molecule has 2 heterocycles. The number of rotatable bonds is 3. The third-order valence-electron chi connectivity index (χ3n) is 3.47. The van der Waals surface area contributed by atoms with Crippen LogP contribution in [0.5, 0.6) is 0 Å². The van der Waals surface area contributed by atoms with E-state index < -0.39 is 0 Å². The normalized spacial score (nSPS) is 12.2. The molecule has 0 aliphatic heterocycles. The van der Waals surface area contributed by atoms with Crippen molar-refractivity contribution < 1.29 is 0 Å². The Bertz CT molecular complexity index is 855. The van der Waals surface area contributed by atoms with Crippen LogP contribution >= 0.6 is 11.5 Å². The van der Waals surface area contributed by atoms with Crippen molar-refractivity contribution in [3.8, 4) is 5.69 Å². The van der Waals surface area contributed by atoms with Gasteiger partial charge in [-0.3, -0.25) is 0 Å². The molecule has 0 aliphatic rings. The summed E-state index contributed by atoms with van der Waals surface area (Å²) >= 11 is 1.18. The Kier molecular flexibility index (Phi) is 4.15. The van der Waals surface area contributed by atoms with Crippen molar-refractivity contribution >= 4 is 28.2 Å². The molecular weight excluding hydrogens is 322 g/mol. The van der Waals surface area contributed by atoms with Gasteiger partial charge in [0.2, 0.25) is 5.13 Å². The Morgan fingerprint density at radius 2 is 1.83 bits per heavy atom. The molecular formula is C16H19N7S. The molecule has 8 heteroatoms. The van der Waals surface area contributed by atoms with E-state index in [9.17, 15) is 0 Å². The summed E-state index contributed by atoms with van der Waals surface area (Å²) in [5.74, 6) is 0.456. The van der Waals surface area contributed by atoms with E-state index in [1.165, 1.54) is 23.4 Å². The molecule has 124 valence electrons. The predicted octanol–water partition coefficient (Wildman–Crippen LogP) is 4.33. The van der Waals surface area contributed by atoms with Gasteiger partial charge in [0.05, 0.1) is 11.4 Å². The Labute approximate surface area is 144 Å². The molecule has 0 amide bonds. The number of nitrogen functional groups attached to an aromatic ring is 1. The molecule has 0 aliphatic carbocycles. The number of aromatic nitrogens is 4. The van der Waals surface area contributed by atoms with Gasteiger partial charge in [0.15, 0.2) is 11.5 Å². The van der Waals surface area contributed by atoms with Crippen LogP contribution < -0.4 is 5.73 Å². The fourth-order valence-corrected chi connectivity index (χ4v) is 2.57. The molecule has 0 fully saturated rings. The monoisotopic (exact) mass is 341 g/mol. The molecule has 2 N–H and O–H groups in total. The van der Waals surface area contributed by atoms with Crippen LogP contribution in [0.4, 0.5) is 16.6 Å². The number of benzene rings is 1. The number of nitrogens with zero attached hydrogens (tertiary/aromatic N) is 6. The van der Waals surface area contributed by atoms with Crippen LogP contribution in [-0.4, -0.2) is 19.1 Å². The lowest BCUT2D eigenvalue weighted by Crippen LogP contribution is -2.13. The summed E-state index contributed by atoms with van der Waals surface area (Å²) in [5, 5.41) is 13.6. The van der Waals surface area contributed by atoms with Gasteiger partial charge in [-0.25, -0.2) is 9.67 Å². The summed E-state index contributed by atoms with van der Waals surface area (Å²) < 4.78 is 5.62. The van der Waals surface area contributed by atoms with Crippen molar-refractivity contribution in [1.29, 1.82) is 0 Å². The molecule has 1 aromatic carbocycles. The highest BCUT2D eigenvalue weighted by Gasteiger charge is 2.26. The summed E-state index contributed by atoms with van der Waals surface area (Å²) in [6.07, 6.45) is 1.45. The molecule has 0 saturated heterocycles. The highest BCUT2D eigenvalue weighted by molar-refractivity contribution is 7.09. The molecule has 0 spiro atoms. The van der Waals surface area contributed by atoms with E-state index >= 15 is 0 Å². The van der Waals surface area contributed by atoms with Gasteiger partial charge < -0.3 is 5.73 Å². The minimum Gasteiger partial charge on any atom is -0.382 e. The van der Waals surface area contributed by atoms with E-state index in [-0.39, 0.29) is 5.41 Å². The van der Waals surface area contributed by atoms with Gasteiger partial charge in [-0.1, -0.05) is 38.5 Å². The van der Waals surface area contributed by atoms with Crippen LogP contribution in [0.3, 0.4) is 0 Å². The molecule has 0 atom stereocenters. The second-order valence-electron chi connectivity index (χ2n) is 6.50. The average molecular weight is 341 g/mol. The molecule has 0 unspecified atom stereocenters. The zero-order valence-electron chi connectivity index (χ0n) is 14.1. The second kappa shape index (κ2) is 6.12. The maximum absolute atomic E-state index is 6.32. The molecule has 0 bridgehead atoms. The fourth-order valence-electron chi connectivity index (χ4n) is 2.21. The lowest BCUT2D eigenvalue weighted by atomic mass is 9.91. The van der Waals surface area contributed by atoms with Crippen LogP contribution in [0.15, 0.2) is 40.8 Å². The largest absolute Gasteiger partial charge is 0.382 e. The smallest absolute Gasteiger partial charge is 0.249 e. The first kappa shape index (κ1) is 16.3. The third-order valence-corrected chi connectivity index (χ3v) is 4.02. The van der Waals surface area contributed by atoms with E-state index in [1.54, 1.807) is 4.68 Å². The highest BCUT2D eigenvalue weighted by atomic mass is 32.1. The van der Waals surface area contributed by atoms with Crippen molar-refractivity contribution in [1.82, 2.24) is 19.1 Å². The first-order chi connectivity index (χ1) is 11.4. The SMILES string of the molecule is Cc1ccc(-n2nc(C(C)(C)C)c(N=Nc3ncns3)c2N)cc1. The van der Waals surface area contributed by atoms with Crippen molar-refractivity contribution in [3.05, 3.63) is 41.9 Å². The van der Waals surface area contributed by atoms with Gasteiger partial charge in [0.25, 0.3) is 0 Å². The van der Waals surface area contributed by atoms with Crippen LogP contribution in [0, 0.1) is 6.92 Å². The summed E-state index contributed by atoms with van der Waals surface area (Å²) in [5.41, 5.74) is 9.52. The molecule has 2 aromatic heterocycles. The third kappa shape index (κ3) is 3.18. The van der Waals surface area contributed by atoms with E-state index in [2.05, 4.69) is 45.5 Å². The van der Waals surface area contributed by atoms with Gasteiger partial charge in [-0.2, -0.15) is 9.47 Å². The minimum atomic E-state index is -0.223. The number of hydrogen-bond acceptors (Lipinski definition) is 7. The highest BCUT2D eigenvalue weighted by Crippen LogP contribution is 2.37. The molecule has 0 radical (unpaired) electrons. The molecule has 3 rings (SSSR count). The minimum absolute atomic E-state index is 0.223. The van der Waals surface area contributed by atoms with Crippen molar-refractivity contribution in [2.75, 3.05) is 5.73 Å². The Hall–Kier alpha value is -2.61. The standard InChI is InChI=1S/C16H19N7S/c1-10-5-7-11(8-6-10)23-14(17)12(13(22-23)16(2,3)4)20-21-15-18-9-19-24-15/h5-9H,17H2,1-4H3. The van der Waals surface area contributed by atoms with Gasteiger partial charge >= 0.3 is 0 Å². The average Bonchev–Trinajstić information content (AvgIpc) is 3.14. The fraction of sp³-hybridized carbons (Fsp3) is 0.312. The number of nitrogens with two attached hydrogens (primary N) is 1. The van der Waals surface area contributed by atoms with Crippen molar-refractivity contribution in [3.63, 3.8) is 0 Å². The summed E-state index contributed by atoms with van der Waals surface area (Å²) in [6.45, 7) is 8.24. The molecule has 0 saturated carbocycles. The van der Waals surface area contributed by atoms with Crippen LogP contribution in [0.25, 0.3) is 5.69 Å². The Balaban J connectivity index is 2.11. The Morgan fingerprint density at radius 3 is 2.42 bits per heavy atom. The summed E-state index contributed by atoms with van der Waals surface area (Å²) in [7, 11) is 0. The van der Waals surface area contributed by atoms with E-state index in [1.807, 2.05) is 31.2 Å². The number of aryl methyl sites for hydroxylation is 1.